The van der Waals surface area contributed by atoms with Crippen molar-refractivity contribution in [3.63, 3.8) is 0 Å². The Morgan fingerprint density at radius 1 is 0.933 bits per heavy atom. The molecular formula is C23H22F4N2O. The third-order valence-corrected chi connectivity index (χ3v) is 6.84. The van der Waals surface area contributed by atoms with E-state index in [1.54, 1.807) is 11.0 Å². The topological polar surface area (TPSA) is 23.6 Å². The number of carbonyl (C=O) groups excluding carboxylic acids is 1. The van der Waals surface area contributed by atoms with Gasteiger partial charge in [0.05, 0.1) is 5.56 Å². The van der Waals surface area contributed by atoms with Gasteiger partial charge in [-0.15, -0.1) is 0 Å². The van der Waals surface area contributed by atoms with Crippen LogP contribution in [0.2, 0.25) is 0 Å². The van der Waals surface area contributed by atoms with Crippen molar-refractivity contribution >= 4 is 5.91 Å². The van der Waals surface area contributed by atoms with Crippen LogP contribution in [0.3, 0.4) is 0 Å². The van der Waals surface area contributed by atoms with Gasteiger partial charge >= 0.3 is 6.18 Å². The Bertz CT molecular complexity index is 972. The number of benzene rings is 2. The second kappa shape index (κ2) is 7.08. The first-order chi connectivity index (χ1) is 14.3. The quantitative estimate of drug-likeness (QED) is 0.679. The molecule has 2 heterocycles. The number of likely N-dealkylation sites (tertiary alicyclic amines) is 2. The van der Waals surface area contributed by atoms with Crippen LogP contribution < -0.4 is 0 Å². The number of nitrogens with zero attached hydrogens (tertiary/aromatic N) is 2. The number of hydrogen-bond donors (Lipinski definition) is 0. The summed E-state index contributed by atoms with van der Waals surface area (Å²) < 4.78 is 51.9. The predicted molar refractivity (Wildman–Crippen MR) is 104 cm³/mol. The molecule has 5 rings (SSSR count). The van der Waals surface area contributed by atoms with Crippen molar-refractivity contribution in [3.8, 4) is 0 Å². The van der Waals surface area contributed by atoms with E-state index in [1.807, 2.05) is 6.07 Å². The van der Waals surface area contributed by atoms with Gasteiger partial charge in [0.2, 0.25) is 0 Å². The van der Waals surface area contributed by atoms with E-state index in [2.05, 4.69) is 4.90 Å². The minimum Gasteiger partial charge on any atom is -0.333 e. The third kappa shape index (κ3) is 3.39. The lowest BCUT2D eigenvalue weighted by Gasteiger charge is -2.41. The Morgan fingerprint density at radius 2 is 1.70 bits per heavy atom. The fourth-order valence-electron chi connectivity index (χ4n) is 5.35. The molecule has 2 aliphatic heterocycles. The summed E-state index contributed by atoms with van der Waals surface area (Å²) >= 11 is 0. The van der Waals surface area contributed by atoms with Gasteiger partial charge in [-0.25, -0.2) is 4.39 Å². The number of amides is 1. The van der Waals surface area contributed by atoms with E-state index in [9.17, 15) is 22.4 Å². The second-order valence-electron chi connectivity index (χ2n) is 8.58. The van der Waals surface area contributed by atoms with Crippen LogP contribution in [0.5, 0.6) is 0 Å². The van der Waals surface area contributed by atoms with Crippen molar-refractivity contribution in [1.29, 1.82) is 0 Å². The van der Waals surface area contributed by atoms with Crippen molar-refractivity contribution in [2.24, 2.45) is 0 Å². The number of carbonyl (C=O) groups is 1. The lowest BCUT2D eigenvalue weighted by atomic mass is 9.87. The molecule has 0 N–H and O–H groups in total. The van der Waals surface area contributed by atoms with Crippen LogP contribution in [0.15, 0.2) is 42.5 Å². The van der Waals surface area contributed by atoms with Gasteiger partial charge in [-0.1, -0.05) is 6.07 Å². The highest BCUT2D eigenvalue weighted by atomic mass is 19.4. The first-order valence-electron chi connectivity index (χ1n) is 10.3. The molecule has 0 radical (unpaired) electrons. The van der Waals surface area contributed by atoms with E-state index < -0.39 is 11.7 Å². The van der Waals surface area contributed by atoms with Gasteiger partial charge in [-0.05, 0) is 73.2 Å². The molecule has 2 saturated heterocycles. The molecule has 3 atom stereocenters. The molecule has 158 valence electrons. The van der Waals surface area contributed by atoms with Gasteiger partial charge in [0.15, 0.2) is 0 Å². The number of hydrogen-bond acceptors (Lipinski definition) is 2. The summed E-state index contributed by atoms with van der Waals surface area (Å²) in [6.45, 7) is 1.36. The van der Waals surface area contributed by atoms with Crippen molar-refractivity contribution in [1.82, 2.24) is 9.80 Å². The summed E-state index contributed by atoms with van der Waals surface area (Å²) in [4.78, 5) is 17.1. The maximum atomic E-state index is 13.6. The Morgan fingerprint density at radius 3 is 2.37 bits per heavy atom. The molecule has 0 spiro atoms. The number of rotatable bonds is 2. The third-order valence-electron chi connectivity index (χ3n) is 6.84. The fraction of sp³-hybridized carbons (Fsp3) is 0.435. The van der Waals surface area contributed by atoms with Crippen LogP contribution in [-0.2, 0) is 19.0 Å². The van der Waals surface area contributed by atoms with Gasteiger partial charge in [0.25, 0.3) is 5.91 Å². The zero-order valence-electron chi connectivity index (χ0n) is 16.3. The predicted octanol–water partition coefficient (Wildman–Crippen LogP) is 4.30. The number of alkyl halides is 3. The van der Waals surface area contributed by atoms with E-state index in [0.29, 0.717) is 18.2 Å². The monoisotopic (exact) mass is 418 g/mol. The normalized spacial score (nSPS) is 26.1. The second-order valence-corrected chi connectivity index (χ2v) is 8.58. The van der Waals surface area contributed by atoms with Crippen molar-refractivity contribution in [2.75, 3.05) is 13.1 Å². The maximum absolute atomic E-state index is 13.6. The Labute approximate surface area is 172 Å². The highest BCUT2D eigenvalue weighted by Gasteiger charge is 2.47. The molecule has 1 aliphatic carbocycles. The molecule has 30 heavy (non-hydrogen) atoms. The molecule has 2 aromatic rings. The average molecular weight is 418 g/mol. The molecule has 7 heteroatoms. The van der Waals surface area contributed by atoms with Gasteiger partial charge < -0.3 is 4.90 Å². The first-order valence-corrected chi connectivity index (χ1v) is 10.3. The SMILES string of the molecule is O=C(c1ccc(C(F)(F)F)cc1)N1CC2CC1CN2C1CCc2ccc(F)cc2C1. The molecule has 2 bridgehead atoms. The smallest absolute Gasteiger partial charge is 0.333 e. The average Bonchev–Trinajstić information content (AvgIpc) is 3.33. The summed E-state index contributed by atoms with van der Waals surface area (Å²) in [6.07, 6.45) is -0.741. The van der Waals surface area contributed by atoms with Gasteiger partial charge in [-0.3, -0.25) is 9.69 Å². The van der Waals surface area contributed by atoms with Crippen LogP contribution in [0.4, 0.5) is 17.6 Å². The molecule has 0 saturated carbocycles. The highest BCUT2D eigenvalue weighted by Crippen LogP contribution is 2.37. The largest absolute Gasteiger partial charge is 0.416 e. The summed E-state index contributed by atoms with van der Waals surface area (Å²) in [7, 11) is 0. The molecule has 2 fully saturated rings. The van der Waals surface area contributed by atoms with Crippen molar-refractivity contribution in [2.45, 2.75) is 50.0 Å². The van der Waals surface area contributed by atoms with Crippen molar-refractivity contribution in [3.05, 3.63) is 70.5 Å². The summed E-state index contributed by atoms with van der Waals surface area (Å²) in [5, 5.41) is 0. The Balaban J connectivity index is 1.25. The van der Waals surface area contributed by atoms with E-state index in [4.69, 9.17) is 0 Å². The van der Waals surface area contributed by atoms with Crippen LogP contribution >= 0.6 is 0 Å². The summed E-state index contributed by atoms with van der Waals surface area (Å²) in [5.74, 6) is -0.405. The highest BCUT2D eigenvalue weighted by molar-refractivity contribution is 5.94. The number of aryl methyl sites for hydroxylation is 1. The fourth-order valence-corrected chi connectivity index (χ4v) is 5.35. The molecule has 3 nitrogen and oxygen atoms in total. The van der Waals surface area contributed by atoms with Gasteiger partial charge in [0, 0.05) is 36.8 Å². The minimum atomic E-state index is -4.41. The van der Waals surface area contributed by atoms with Crippen LogP contribution in [0, 0.1) is 5.82 Å². The standard InChI is InChI=1S/C23H22F4N2O/c24-18-7-3-14-4-8-19(10-16(14)9-18)28-12-21-11-20(28)13-29(21)22(30)15-1-5-17(6-2-15)23(25,26)27/h1-3,5-7,9,19-21H,4,8,10-13H2. The number of piperazine rings is 1. The number of fused-ring (bicyclic) bond motifs is 3. The number of halogens is 4. The molecule has 3 aliphatic rings. The maximum Gasteiger partial charge on any atom is 0.416 e. The lowest BCUT2D eigenvalue weighted by Crippen LogP contribution is -2.53. The van der Waals surface area contributed by atoms with E-state index in [-0.39, 0.29) is 23.8 Å². The lowest BCUT2D eigenvalue weighted by molar-refractivity contribution is -0.137. The summed E-state index contributed by atoms with van der Waals surface area (Å²) in [5.41, 5.74) is 1.84. The molecule has 0 aromatic heterocycles. The first kappa shape index (κ1) is 19.5. The van der Waals surface area contributed by atoms with Crippen LogP contribution in [-0.4, -0.2) is 46.9 Å². The Hall–Kier alpha value is -2.41. The Kier molecular flexibility index (Phi) is 4.61. The van der Waals surface area contributed by atoms with Crippen LogP contribution in [0.25, 0.3) is 0 Å². The molecule has 3 unspecified atom stereocenters. The van der Waals surface area contributed by atoms with Crippen molar-refractivity contribution < 1.29 is 22.4 Å². The molecule has 1 amide bonds. The minimum absolute atomic E-state index is 0.0821. The molecular weight excluding hydrogens is 396 g/mol. The van der Waals surface area contributed by atoms with Gasteiger partial charge in [-0.2, -0.15) is 13.2 Å². The zero-order chi connectivity index (χ0) is 21.0. The molecule has 2 aromatic carbocycles. The van der Waals surface area contributed by atoms with E-state index in [1.165, 1.54) is 23.8 Å². The zero-order valence-corrected chi connectivity index (χ0v) is 16.3. The van der Waals surface area contributed by atoms with E-state index in [0.717, 1.165) is 49.9 Å². The summed E-state index contributed by atoms with van der Waals surface area (Å²) in [6, 6.07) is 10.2. The van der Waals surface area contributed by atoms with Crippen LogP contribution in [0.1, 0.15) is 39.9 Å². The van der Waals surface area contributed by atoms with Gasteiger partial charge in [0.1, 0.15) is 5.82 Å². The van der Waals surface area contributed by atoms with E-state index >= 15 is 0 Å².